The van der Waals surface area contributed by atoms with Crippen molar-refractivity contribution < 1.29 is 23.8 Å². The minimum absolute atomic E-state index is 0.204. The maximum atomic E-state index is 12.2. The fourth-order valence-electron chi connectivity index (χ4n) is 2.12. The smallest absolute Gasteiger partial charge is 0.338 e. The maximum absolute atomic E-state index is 12.2. The molecular weight excluding hydrogens is 461 g/mol. The fourth-order valence-corrected chi connectivity index (χ4v) is 3.03. The second-order valence-corrected chi connectivity index (χ2v) is 6.79. The number of benzene rings is 2. The predicted molar refractivity (Wildman–Crippen MR) is 107 cm³/mol. The predicted octanol–water partition coefficient (Wildman–Crippen LogP) is 4.96. The molecule has 0 radical (unpaired) electrons. The lowest BCUT2D eigenvalue weighted by Gasteiger charge is -2.13. The van der Waals surface area contributed by atoms with Crippen molar-refractivity contribution in [3.05, 3.63) is 50.4 Å². The number of hydrogen-bond donors (Lipinski definition) is 1. The zero-order chi connectivity index (χ0) is 20.0. The third kappa shape index (κ3) is 5.51. The summed E-state index contributed by atoms with van der Waals surface area (Å²) in [6, 6.07) is 7.82. The third-order valence-corrected chi connectivity index (χ3v) is 4.72. The van der Waals surface area contributed by atoms with Crippen LogP contribution in [0.1, 0.15) is 17.3 Å². The molecule has 1 amide bonds. The molecule has 2 rings (SSSR count). The summed E-state index contributed by atoms with van der Waals surface area (Å²) in [5.41, 5.74) is 0.534. The molecule has 0 aliphatic heterocycles. The highest BCUT2D eigenvalue weighted by atomic mass is 79.9. The summed E-state index contributed by atoms with van der Waals surface area (Å²) >= 11 is 15.2. The van der Waals surface area contributed by atoms with Crippen LogP contribution in [0.4, 0.5) is 5.69 Å². The van der Waals surface area contributed by atoms with Crippen LogP contribution in [-0.2, 0) is 9.53 Å². The quantitative estimate of drug-likeness (QED) is 0.571. The van der Waals surface area contributed by atoms with E-state index in [2.05, 4.69) is 21.2 Å². The maximum Gasteiger partial charge on any atom is 0.338 e. The molecule has 0 atom stereocenters. The van der Waals surface area contributed by atoms with Gasteiger partial charge in [-0.2, -0.15) is 0 Å². The molecule has 1 N–H and O–H groups in total. The number of amides is 1. The Balaban J connectivity index is 2.04. The van der Waals surface area contributed by atoms with Crippen LogP contribution in [0, 0.1) is 0 Å². The van der Waals surface area contributed by atoms with Crippen molar-refractivity contribution in [3.8, 4) is 11.5 Å². The molecule has 0 aliphatic carbocycles. The molecule has 0 bridgehead atoms. The van der Waals surface area contributed by atoms with E-state index in [0.717, 1.165) is 0 Å². The van der Waals surface area contributed by atoms with Crippen LogP contribution in [0.15, 0.2) is 34.8 Å². The van der Waals surface area contributed by atoms with Gasteiger partial charge in [0.1, 0.15) is 0 Å². The number of anilines is 1. The van der Waals surface area contributed by atoms with Gasteiger partial charge in [-0.1, -0.05) is 29.3 Å². The van der Waals surface area contributed by atoms with E-state index < -0.39 is 18.5 Å². The Kier molecular flexibility index (Phi) is 7.77. The average Bonchev–Trinajstić information content (AvgIpc) is 2.65. The van der Waals surface area contributed by atoms with Gasteiger partial charge in [-0.15, -0.1) is 0 Å². The summed E-state index contributed by atoms with van der Waals surface area (Å²) in [5, 5.41) is 3.04. The highest BCUT2D eigenvalue weighted by molar-refractivity contribution is 9.10. The van der Waals surface area contributed by atoms with Crippen molar-refractivity contribution in [2.45, 2.75) is 6.92 Å². The summed E-state index contributed by atoms with van der Waals surface area (Å²) in [5.74, 6) is -0.396. The lowest BCUT2D eigenvalue weighted by molar-refractivity contribution is -0.119. The van der Waals surface area contributed by atoms with E-state index >= 15 is 0 Å². The van der Waals surface area contributed by atoms with Crippen LogP contribution < -0.4 is 14.8 Å². The zero-order valence-electron chi connectivity index (χ0n) is 14.5. The molecule has 9 heteroatoms. The van der Waals surface area contributed by atoms with E-state index in [1.54, 1.807) is 18.2 Å². The SMILES string of the molecule is CCOc1c(Br)cc(C(=O)OCC(=O)Nc2cccc(Cl)c2Cl)cc1OC. The van der Waals surface area contributed by atoms with Crippen LogP contribution in [0.25, 0.3) is 0 Å². The number of carbonyl (C=O) groups excluding carboxylic acids is 2. The molecule has 0 aliphatic rings. The summed E-state index contributed by atoms with van der Waals surface area (Å²) in [7, 11) is 1.46. The number of nitrogens with one attached hydrogen (secondary N) is 1. The summed E-state index contributed by atoms with van der Waals surface area (Å²) < 4.78 is 16.3. The number of esters is 1. The molecule has 2 aromatic rings. The Morgan fingerprint density at radius 3 is 2.63 bits per heavy atom. The van der Waals surface area contributed by atoms with Gasteiger partial charge in [0.15, 0.2) is 18.1 Å². The number of rotatable bonds is 7. The lowest BCUT2D eigenvalue weighted by Crippen LogP contribution is -2.21. The van der Waals surface area contributed by atoms with Crippen LogP contribution >= 0.6 is 39.1 Å². The zero-order valence-corrected chi connectivity index (χ0v) is 17.6. The molecular formula is C18H16BrCl2NO5. The first-order chi connectivity index (χ1) is 12.9. The summed E-state index contributed by atoms with van der Waals surface area (Å²) in [6.07, 6.45) is 0. The average molecular weight is 477 g/mol. The molecule has 6 nitrogen and oxygen atoms in total. The minimum Gasteiger partial charge on any atom is -0.493 e. The van der Waals surface area contributed by atoms with E-state index in [0.29, 0.717) is 33.3 Å². The Hall–Kier alpha value is -1.96. The number of halogens is 3. The van der Waals surface area contributed by atoms with Gasteiger partial charge in [0.25, 0.3) is 5.91 Å². The minimum atomic E-state index is -0.690. The van der Waals surface area contributed by atoms with Crippen LogP contribution in [0.3, 0.4) is 0 Å². The van der Waals surface area contributed by atoms with E-state index in [1.165, 1.54) is 19.2 Å². The first-order valence-corrected chi connectivity index (χ1v) is 9.33. The Morgan fingerprint density at radius 2 is 1.96 bits per heavy atom. The van der Waals surface area contributed by atoms with Crippen molar-refractivity contribution in [3.63, 3.8) is 0 Å². The van der Waals surface area contributed by atoms with Gasteiger partial charge in [0, 0.05) is 0 Å². The second-order valence-electron chi connectivity index (χ2n) is 5.15. The van der Waals surface area contributed by atoms with Gasteiger partial charge in [0.2, 0.25) is 0 Å². The van der Waals surface area contributed by atoms with Crippen LogP contribution in [0.5, 0.6) is 11.5 Å². The molecule has 0 saturated heterocycles. The molecule has 0 heterocycles. The molecule has 27 heavy (non-hydrogen) atoms. The second kappa shape index (κ2) is 9.82. The Bertz CT molecular complexity index is 860. The largest absolute Gasteiger partial charge is 0.493 e. The molecule has 2 aromatic carbocycles. The number of ether oxygens (including phenoxy) is 3. The number of methoxy groups -OCH3 is 1. The summed E-state index contributed by atoms with van der Waals surface area (Å²) in [4.78, 5) is 24.2. The van der Waals surface area contributed by atoms with Crippen LogP contribution in [-0.4, -0.2) is 32.2 Å². The fraction of sp³-hybridized carbons (Fsp3) is 0.222. The Labute approximate surface area is 174 Å². The topological polar surface area (TPSA) is 73.9 Å². The number of carbonyl (C=O) groups is 2. The van der Waals surface area contributed by atoms with E-state index in [9.17, 15) is 9.59 Å². The molecule has 0 spiro atoms. The van der Waals surface area contributed by atoms with Gasteiger partial charge in [0.05, 0.1) is 39.5 Å². The van der Waals surface area contributed by atoms with E-state index in [1.807, 2.05) is 6.92 Å². The normalized spacial score (nSPS) is 10.3. The van der Waals surface area contributed by atoms with Gasteiger partial charge in [-0.25, -0.2) is 4.79 Å². The third-order valence-electron chi connectivity index (χ3n) is 3.31. The molecule has 0 saturated carbocycles. The van der Waals surface area contributed by atoms with E-state index in [-0.39, 0.29) is 10.6 Å². The molecule has 0 aromatic heterocycles. The number of hydrogen-bond acceptors (Lipinski definition) is 5. The van der Waals surface area contributed by atoms with Crippen molar-refractivity contribution in [1.29, 1.82) is 0 Å². The van der Waals surface area contributed by atoms with Crippen molar-refractivity contribution >= 4 is 56.7 Å². The first-order valence-electron chi connectivity index (χ1n) is 7.78. The van der Waals surface area contributed by atoms with Gasteiger partial charge >= 0.3 is 5.97 Å². The van der Waals surface area contributed by atoms with Gasteiger partial charge < -0.3 is 19.5 Å². The molecule has 144 valence electrons. The highest BCUT2D eigenvalue weighted by Gasteiger charge is 2.17. The highest BCUT2D eigenvalue weighted by Crippen LogP contribution is 2.36. The standard InChI is InChI=1S/C18H16BrCl2NO5/c1-3-26-17-11(19)7-10(8-14(17)25-2)18(24)27-9-15(23)22-13-6-4-5-12(20)16(13)21/h4-8H,3,9H2,1-2H3,(H,22,23). The van der Waals surface area contributed by atoms with Crippen LogP contribution in [0.2, 0.25) is 10.0 Å². The lowest BCUT2D eigenvalue weighted by atomic mass is 10.2. The van der Waals surface area contributed by atoms with Gasteiger partial charge in [-0.05, 0) is 47.1 Å². The summed E-state index contributed by atoms with van der Waals surface area (Å²) in [6.45, 7) is 1.78. The monoisotopic (exact) mass is 475 g/mol. The molecule has 0 unspecified atom stereocenters. The Morgan fingerprint density at radius 1 is 1.22 bits per heavy atom. The molecule has 0 fully saturated rings. The van der Waals surface area contributed by atoms with Crippen molar-refractivity contribution in [2.75, 3.05) is 25.6 Å². The van der Waals surface area contributed by atoms with Gasteiger partial charge in [-0.3, -0.25) is 4.79 Å². The van der Waals surface area contributed by atoms with Crippen molar-refractivity contribution in [2.24, 2.45) is 0 Å². The van der Waals surface area contributed by atoms with Crippen molar-refractivity contribution in [1.82, 2.24) is 0 Å². The first kappa shape index (κ1) is 21.3. The van der Waals surface area contributed by atoms with E-state index in [4.69, 9.17) is 37.4 Å².